The summed E-state index contributed by atoms with van der Waals surface area (Å²) < 4.78 is 85.0. The fourth-order valence-electron chi connectivity index (χ4n) is 5.35. The van der Waals surface area contributed by atoms with E-state index >= 15 is 0 Å². The van der Waals surface area contributed by atoms with Crippen molar-refractivity contribution < 1.29 is 35.9 Å². The van der Waals surface area contributed by atoms with Crippen molar-refractivity contribution in [3.63, 3.8) is 0 Å². The van der Waals surface area contributed by atoms with Gasteiger partial charge in [0.2, 0.25) is 5.91 Å². The van der Waals surface area contributed by atoms with E-state index in [2.05, 4.69) is 10.1 Å². The summed E-state index contributed by atoms with van der Waals surface area (Å²) in [5, 5.41) is 4.27. The standard InChI is InChI=1S/C28H19F6N5O2/c29-18-9-15-10-23(40)38(27(15)26(34)25(18)33)16-3-7-37(8-4-16)28(41)21-13-22(14-1-5-35-6-2-14)39(36-21)17-11-19(30)24(32)20(31)12-17/h1-2,5-6,9,11-13,16H,3-4,7-8,10H2. The first kappa shape index (κ1) is 26.5. The number of rotatable bonds is 4. The van der Waals surface area contributed by atoms with Crippen LogP contribution in [-0.2, 0) is 11.2 Å². The Hall–Kier alpha value is -4.68. The highest BCUT2D eigenvalue weighted by Crippen LogP contribution is 2.38. The third-order valence-electron chi connectivity index (χ3n) is 7.30. The topological polar surface area (TPSA) is 71.3 Å². The van der Waals surface area contributed by atoms with Crippen LogP contribution in [0.5, 0.6) is 0 Å². The Labute approximate surface area is 228 Å². The van der Waals surface area contributed by atoms with E-state index in [1.54, 1.807) is 12.1 Å². The molecule has 0 bridgehead atoms. The molecular weight excluding hydrogens is 552 g/mol. The average Bonchev–Trinajstić information content (AvgIpc) is 3.56. The van der Waals surface area contributed by atoms with Crippen LogP contribution in [0.2, 0.25) is 0 Å². The van der Waals surface area contributed by atoms with Gasteiger partial charge < -0.3 is 9.80 Å². The van der Waals surface area contributed by atoms with Crippen LogP contribution in [0.3, 0.4) is 0 Å². The molecule has 0 unspecified atom stereocenters. The molecule has 0 atom stereocenters. The lowest BCUT2D eigenvalue weighted by atomic mass is 10.0. The lowest BCUT2D eigenvalue weighted by Gasteiger charge is -2.36. The number of carbonyl (C=O) groups excluding carboxylic acids is 2. The largest absolute Gasteiger partial charge is 0.337 e. The van der Waals surface area contributed by atoms with Gasteiger partial charge in [-0.1, -0.05) is 0 Å². The predicted molar refractivity (Wildman–Crippen MR) is 133 cm³/mol. The van der Waals surface area contributed by atoms with Crippen LogP contribution < -0.4 is 4.90 Å². The van der Waals surface area contributed by atoms with E-state index in [0.717, 1.165) is 27.8 Å². The summed E-state index contributed by atoms with van der Waals surface area (Å²) in [5.74, 6) is -9.96. The van der Waals surface area contributed by atoms with Crippen LogP contribution in [0.25, 0.3) is 16.9 Å². The number of pyridine rings is 1. The molecule has 0 spiro atoms. The van der Waals surface area contributed by atoms with Crippen molar-refractivity contribution in [3.8, 4) is 16.9 Å². The summed E-state index contributed by atoms with van der Waals surface area (Å²) in [7, 11) is 0. The summed E-state index contributed by atoms with van der Waals surface area (Å²) >= 11 is 0. The van der Waals surface area contributed by atoms with Gasteiger partial charge in [-0.15, -0.1) is 0 Å². The van der Waals surface area contributed by atoms with Gasteiger partial charge in [0.15, 0.2) is 40.6 Å². The zero-order valence-corrected chi connectivity index (χ0v) is 21.1. The van der Waals surface area contributed by atoms with Gasteiger partial charge in [-0.25, -0.2) is 31.0 Å². The molecule has 0 radical (unpaired) electrons. The molecule has 2 aliphatic rings. The highest BCUT2D eigenvalue weighted by Gasteiger charge is 2.39. The number of anilines is 1. The third-order valence-corrected chi connectivity index (χ3v) is 7.30. The van der Waals surface area contributed by atoms with Gasteiger partial charge in [-0.2, -0.15) is 5.10 Å². The third kappa shape index (κ3) is 4.50. The average molecular weight is 571 g/mol. The number of benzene rings is 2. The fraction of sp³-hybridized carbons (Fsp3) is 0.214. The molecule has 2 aliphatic heterocycles. The molecule has 4 aromatic rings. The molecule has 2 aromatic carbocycles. The van der Waals surface area contributed by atoms with Gasteiger partial charge in [-0.3, -0.25) is 14.6 Å². The first-order chi connectivity index (χ1) is 19.6. The number of aromatic nitrogens is 3. The maximum atomic E-state index is 14.6. The number of piperidine rings is 1. The molecule has 0 saturated carbocycles. The van der Waals surface area contributed by atoms with Gasteiger partial charge >= 0.3 is 0 Å². The quantitative estimate of drug-likeness (QED) is 0.257. The van der Waals surface area contributed by atoms with E-state index < -0.39 is 52.8 Å². The number of fused-ring (bicyclic) bond motifs is 1. The van der Waals surface area contributed by atoms with Gasteiger partial charge in [0, 0.05) is 49.2 Å². The summed E-state index contributed by atoms with van der Waals surface area (Å²) in [4.78, 5) is 32.6. The van der Waals surface area contributed by atoms with Crippen molar-refractivity contribution in [3.05, 3.63) is 95.0 Å². The zero-order chi connectivity index (χ0) is 29.0. The summed E-state index contributed by atoms with van der Waals surface area (Å²) in [6.07, 6.45) is 3.14. The first-order valence-corrected chi connectivity index (χ1v) is 12.6. The summed E-state index contributed by atoms with van der Waals surface area (Å²) in [5.41, 5.74) is 0.382. The molecule has 210 valence electrons. The zero-order valence-electron chi connectivity index (χ0n) is 21.1. The molecule has 41 heavy (non-hydrogen) atoms. The second-order valence-electron chi connectivity index (χ2n) is 9.74. The number of halogens is 6. The first-order valence-electron chi connectivity index (χ1n) is 12.6. The maximum absolute atomic E-state index is 14.6. The number of likely N-dealkylation sites (tertiary alicyclic amines) is 1. The molecule has 6 rings (SSSR count). The molecule has 4 heterocycles. The minimum absolute atomic E-state index is 0.0627. The second kappa shape index (κ2) is 10.1. The van der Waals surface area contributed by atoms with Crippen molar-refractivity contribution >= 4 is 17.5 Å². The smallest absolute Gasteiger partial charge is 0.274 e. The van der Waals surface area contributed by atoms with E-state index in [4.69, 9.17) is 0 Å². The van der Waals surface area contributed by atoms with Crippen molar-refractivity contribution in [1.82, 2.24) is 19.7 Å². The Morgan fingerprint density at radius 1 is 0.829 bits per heavy atom. The Balaban J connectivity index is 1.26. The Bertz CT molecular complexity index is 1680. The normalized spacial score (nSPS) is 15.5. The molecule has 1 saturated heterocycles. The maximum Gasteiger partial charge on any atom is 0.274 e. The molecule has 2 amide bonds. The monoisotopic (exact) mass is 571 g/mol. The number of hydrogen-bond acceptors (Lipinski definition) is 4. The van der Waals surface area contributed by atoms with Crippen LogP contribution in [0.1, 0.15) is 28.9 Å². The van der Waals surface area contributed by atoms with Gasteiger partial charge in [0.1, 0.15) is 0 Å². The lowest BCUT2D eigenvalue weighted by molar-refractivity contribution is -0.118. The van der Waals surface area contributed by atoms with Crippen LogP contribution >= 0.6 is 0 Å². The van der Waals surface area contributed by atoms with Gasteiger partial charge in [0.25, 0.3) is 5.91 Å². The molecular formula is C28H19F6N5O2. The van der Waals surface area contributed by atoms with Crippen molar-refractivity contribution in [2.24, 2.45) is 0 Å². The van der Waals surface area contributed by atoms with E-state index in [1.165, 1.54) is 23.4 Å². The minimum atomic E-state index is -1.66. The highest BCUT2D eigenvalue weighted by atomic mass is 19.2. The van der Waals surface area contributed by atoms with E-state index in [0.29, 0.717) is 11.3 Å². The Morgan fingerprint density at radius 3 is 2.12 bits per heavy atom. The number of amides is 2. The van der Waals surface area contributed by atoms with E-state index in [-0.39, 0.29) is 55.0 Å². The van der Waals surface area contributed by atoms with Gasteiger partial charge in [0.05, 0.1) is 23.5 Å². The minimum Gasteiger partial charge on any atom is -0.337 e. The molecule has 2 aromatic heterocycles. The SMILES string of the molecule is O=C(c1cc(-c2ccncc2)n(-c2cc(F)c(F)c(F)c2)n1)N1CCC(N2C(=O)Cc3cc(F)c(F)c(F)c32)CC1. The molecule has 1 fully saturated rings. The number of hydrogen-bond donors (Lipinski definition) is 0. The molecule has 0 N–H and O–H groups in total. The van der Waals surface area contributed by atoms with Crippen LogP contribution in [0.4, 0.5) is 32.0 Å². The second-order valence-corrected chi connectivity index (χ2v) is 9.74. The van der Waals surface area contributed by atoms with Crippen molar-refractivity contribution in [1.29, 1.82) is 0 Å². The summed E-state index contributed by atoms with van der Waals surface area (Å²) in [6.45, 7) is 0.260. The predicted octanol–water partition coefficient (Wildman–Crippen LogP) is 4.96. The molecule has 13 heteroatoms. The molecule has 7 nitrogen and oxygen atoms in total. The number of nitrogens with zero attached hydrogens (tertiary/aromatic N) is 5. The fourth-order valence-corrected chi connectivity index (χ4v) is 5.35. The van der Waals surface area contributed by atoms with Crippen LogP contribution in [0.15, 0.2) is 48.8 Å². The number of carbonyl (C=O) groups is 2. The van der Waals surface area contributed by atoms with E-state index in [9.17, 15) is 35.9 Å². The molecule has 0 aliphatic carbocycles. The van der Waals surface area contributed by atoms with Crippen molar-refractivity contribution in [2.45, 2.75) is 25.3 Å². The lowest BCUT2D eigenvalue weighted by Crippen LogP contribution is -2.48. The van der Waals surface area contributed by atoms with Gasteiger partial charge in [-0.05, 0) is 42.7 Å². The van der Waals surface area contributed by atoms with Crippen molar-refractivity contribution in [2.75, 3.05) is 18.0 Å². The van der Waals surface area contributed by atoms with Crippen LogP contribution in [0, 0.1) is 34.9 Å². The highest BCUT2D eigenvalue weighted by molar-refractivity contribution is 6.02. The van der Waals surface area contributed by atoms with Crippen LogP contribution in [-0.4, -0.2) is 50.6 Å². The summed E-state index contributed by atoms with van der Waals surface area (Å²) in [6, 6.07) is 6.41. The van der Waals surface area contributed by atoms with E-state index in [1.807, 2.05) is 0 Å². The Morgan fingerprint density at radius 2 is 1.46 bits per heavy atom. The Kier molecular flexibility index (Phi) is 6.51.